The summed E-state index contributed by atoms with van der Waals surface area (Å²) in [6, 6.07) is 6.79. The second-order valence-corrected chi connectivity index (χ2v) is 8.62. The van der Waals surface area contributed by atoms with E-state index in [4.69, 9.17) is 4.74 Å². The third-order valence-corrected chi connectivity index (χ3v) is 5.64. The van der Waals surface area contributed by atoms with Gasteiger partial charge >= 0.3 is 5.97 Å². The highest BCUT2D eigenvalue weighted by Crippen LogP contribution is 2.19. The largest absolute Gasteiger partial charge is 0.466 e. The Hall–Kier alpha value is -1.36. The molecule has 1 saturated heterocycles. The lowest BCUT2D eigenvalue weighted by Gasteiger charge is -2.33. The van der Waals surface area contributed by atoms with Gasteiger partial charge in [-0.05, 0) is 44.4 Å². The molecule has 7 nitrogen and oxygen atoms in total. The Bertz CT molecular complexity index is 758. The van der Waals surface area contributed by atoms with E-state index in [0.29, 0.717) is 18.0 Å². The van der Waals surface area contributed by atoms with Gasteiger partial charge in [-0.2, -0.15) is 0 Å². The van der Waals surface area contributed by atoms with Crippen LogP contribution in [-0.2, 0) is 25.9 Å². The van der Waals surface area contributed by atoms with Crippen LogP contribution in [0.2, 0.25) is 0 Å². The Morgan fingerprint density at radius 2 is 1.82 bits per heavy atom. The summed E-state index contributed by atoms with van der Waals surface area (Å²) in [5.74, 6) is 0.671. The monoisotopic (exact) mass is 523 g/mol. The van der Waals surface area contributed by atoms with Crippen molar-refractivity contribution in [3.05, 3.63) is 29.8 Å². The molecule has 0 unspecified atom stereocenters. The highest BCUT2D eigenvalue weighted by Gasteiger charge is 2.27. The quantitative estimate of drug-likeness (QED) is 0.267. The van der Waals surface area contributed by atoms with E-state index in [9.17, 15) is 13.2 Å². The minimum absolute atomic E-state index is 0. The van der Waals surface area contributed by atoms with Gasteiger partial charge in [-0.15, -0.1) is 24.0 Å². The molecule has 1 N–H and O–H groups in total. The molecule has 0 atom stereocenters. The van der Waals surface area contributed by atoms with Gasteiger partial charge in [-0.1, -0.05) is 12.1 Å². The van der Waals surface area contributed by atoms with Crippen LogP contribution in [0.1, 0.15) is 32.3 Å². The molecule has 2 rings (SSSR count). The number of likely N-dealkylation sites (tertiary alicyclic amines) is 1. The molecule has 0 aromatic heterocycles. The Morgan fingerprint density at radius 3 is 2.32 bits per heavy atom. The molecular weight excluding hydrogens is 493 g/mol. The van der Waals surface area contributed by atoms with Crippen molar-refractivity contribution in [1.29, 1.82) is 0 Å². The van der Waals surface area contributed by atoms with Gasteiger partial charge in [0.15, 0.2) is 15.8 Å². The Labute approximate surface area is 184 Å². The molecule has 1 aliphatic heterocycles. The summed E-state index contributed by atoms with van der Waals surface area (Å²) in [4.78, 5) is 19.0. The van der Waals surface area contributed by atoms with Gasteiger partial charge in [0.2, 0.25) is 0 Å². The Morgan fingerprint density at radius 1 is 1.21 bits per heavy atom. The van der Waals surface area contributed by atoms with Crippen molar-refractivity contribution < 1.29 is 17.9 Å². The molecule has 158 valence electrons. The summed E-state index contributed by atoms with van der Waals surface area (Å²) in [7, 11) is -3.19. The van der Waals surface area contributed by atoms with Crippen LogP contribution in [0.25, 0.3) is 0 Å². The molecule has 1 aromatic carbocycles. The summed E-state index contributed by atoms with van der Waals surface area (Å²) >= 11 is 0. The van der Waals surface area contributed by atoms with Crippen molar-refractivity contribution in [2.75, 3.05) is 32.5 Å². The number of sulfone groups is 1. The molecule has 1 fully saturated rings. The second-order valence-electron chi connectivity index (χ2n) is 6.60. The first-order valence-electron chi connectivity index (χ1n) is 9.34. The summed E-state index contributed by atoms with van der Waals surface area (Å²) in [5.41, 5.74) is 0.944. The van der Waals surface area contributed by atoms with Crippen LogP contribution in [0.5, 0.6) is 0 Å². The number of rotatable bonds is 6. The number of nitrogens with zero attached hydrogens (tertiary/aromatic N) is 2. The number of carbonyl (C=O) groups excluding carboxylic acids is 1. The van der Waals surface area contributed by atoms with E-state index < -0.39 is 9.84 Å². The number of carbonyl (C=O) groups is 1. The van der Waals surface area contributed by atoms with E-state index >= 15 is 0 Å². The molecule has 1 aliphatic rings. The number of halogens is 1. The van der Waals surface area contributed by atoms with Crippen LogP contribution >= 0.6 is 24.0 Å². The lowest BCUT2D eigenvalue weighted by atomic mass is 9.97. The van der Waals surface area contributed by atoms with Crippen LogP contribution in [0.4, 0.5) is 0 Å². The van der Waals surface area contributed by atoms with Gasteiger partial charge in [0, 0.05) is 25.9 Å². The molecule has 1 heterocycles. The van der Waals surface area contributed by atoms with Crippen molar-refractivity contribution in [2.24, 2.45) is 10.9 Å². The third kappa shape index (κ3) is 7.23. The number of aliphatic imine (C=N–C) groups is 1. The third-order valence-electron chi connectivity index (χ3n) is 4.51. The number of hydrogen-bond acceptors (Lipinski definition) is 5. The number of esters is 1. The number of piperidine rings is 1. The smallest absolute Gasteiger partial charge is 0.309 e. The minimum atomic E-state index is -3.19. The minimum Gasteiger partial charge on any atom is -0.466 e. The first-order valence-corrected chi connectivity index (χ1v) is 11.2. The van der Waals surface area contributed by atoms with Crippen molar-refractivity contribution in [3.8, 4) is 0 Å². The zero-order valence-electron chi connectivity index (χ0n) is 16.7. The molecule has 0 saturated carbocycles. The van der Waals surface area contributed by atoms with Crippen LogP contribution in [0, 0.1) is 5.92 Å². The van der Waals surface area contributed by atoms with Gasteiger partial charge in [0.05, 0.1) is 24.0 Å². The van der Waals surface area contributed by atoms with E-state index in [1.165, 1.54) is 6.26 Å². The summed E-state index contributed by atoms with van der Waals surface area (Å²) in [6.07, 6.45) is 2.71. The SMILES string of the molecule is CCNC(=NCc1ccc(S(C)(=O)=O)cc1)N1CCC(C(=O)OCC)CC1.I. The van der Waals surface area contributed by atoms with Gasteiger partial charge in [-0.3, -0.25) is 4.79 Å². The first kappa shape index (κ1) is 24.7. The summed E-state index contributed by atoms with van der Waals surface area (Å²) in [5, 5.41) is 3.29. The van der Waals surface area contributed by atoms with E-state index in [2.05, 4.69) is 15.2 Å². The molecule has 1 aromatic rings. The predicted molar refractivity (Wildman–Crippen MR) is 121 cm³/mol. The zero-order chi connectivity index (χ0) is 19.9. The molecule has 0 radical (unpaired) electrons. The molecule has 0 bridgehead atoms. The zero-order valence-corrected chi connectivity index (χ0v) is 19.8. The van der Waals surface area contributed by atoms with Crippen molar-refractivity contribution in [2.45, 2.75) is 38.1 Å². The number of benzene rings is 1. The maximum absolute atomic E-state index is 11.9. The van der Waals surface area contributed by atoms with Crippen LogP contribution < -0.4 is 5.32 Å². The maximum Gasteiger partial charge on any atom is 0.309 e. The molecule has 28 heavy (non-hydrogen) atoms. The molecule has 0 spiro atoms. The molecule has 0 aliphatic carbocycles. The van der Waals surface area contributed by atoms with Crippen LogP contribution in [0.3, 0.4) is 0 Å². The van der Waals surface area contributed by atoms with Gasteiger partial charge in [-0.25, -0.2) is 13.4 Å². The van der Waals surface area contributed by atoms with Crippen molar-refractivity contribution >= 4 is 45.7 Å². The Balaban J connectivity index is 0.00000392. The van der Waals surface area contributed by atoms with E-state index in [0.717, 1.165) is 44.0 Å². The average molecular weight is 523 g/mol. The van der Waals surface area contributed by atoms with Crippen molar-refractivity contribution in [1.82, 2.24) is 10.2 Å². The number of nitrogens with one attached hydrogen (secondary N) is 1. The second kappa shape index (κ2) is 11.6. The van der Waals surface area contributed by atoms with Crippen LogP contribution in [-0.4, -0.2) is 57.7 Å². The lowest BCUT2D eigenvalue weighted by molar-refractivity contribution is -0.149. The normalized spacial score (nSPS) is 15.7. The fourth-order valence-corrected chi connectivity index (χ4v) is 3.65. The number of ether oxygens (including phenoxy) is 1. The summed E-state index contributed by atoms with van der Waals surface area (Å²) in [6.45, 7) is 6.98. The standard InChI is InChI=1S/C19H29N3O4S.HI/c1-4-20-19(22-12-10-16(11-13-22)18(23)26-5-2)21-14-15-6-8-17(9-7-15)27(3,24)25;/h6-9,16H,4-5,10-14H2,1-3H3,(H,20,21);1H. The topological polar surface area (TPSA) is 88.1 Å². The maximum atomic E-state index is 11.9. The van der Waals surface area contributed by atoms with Crippen molar-refractivity contribution in [3.63, 3.8) is 0 Å². The number of guanidine groups is 1. The first-order chi connectivity index (χ1) is 12.8. The molecule has 9 heteroatoms. The fraction of sp³-hybridized carbons (Fsp3) is 0.579. The lowest BCUT2D eigenvalue weighted by Crippen LogP contribution is -2.46. The van der Waals surface area contributed by atoms with Gasteiger partial charge in [0.1, 0.15) is 0 Å². The van der Waals surface area contributed by atoms with Gasteiger partial charge in [0.25, 0.3) is 0 Å². The number of hydrogen-bond donors (Lipinski definition) is 1. The predicted octanol–water partition coefficient (Wildman–Crippen LogP) is 2.45. The Kier molecular flexibility index (Phi) is 10.2. The fourth-order valence-electron chi connectivity index (χ4n) is 3.02. The van der Waals surface area contributed by atoms with Crippen LogP contribution in [0.15, 0.2) is 34.2 Å². The molecular formula is C19H30IN3O4S. The highest BCUT2D eigenvalue weighted by atomic mass is 127. The highest BCUT2D eigenvalue weighted by molar-refractivity contribution is 14.0. The van der Waals surface area contributed by atoms with E-state index in [1.54, 1.807) is 24.3 Å². The average Bonchev–Trinajstić information content (AvgIpc) is 2.65. The van der Waals surface area contributed by atoms with Gasteiger partial charge < -0.3 is 15.0 Å². The summed E-state index contributed by atoms with van der Waals surface area (Å²) < 4.78 is 28.2. The van der Waals surface area contributed by atoms with E-state index in [-0.39, 0.29) is 35.9 Å². The van der Waals surface area contributed by atoms with E-state index in [1.807, 2.05) is 13.8 Å². The molecule has 0 amide bonds.